The van der Waals surface area contributed by atoms with Crippen molar-refractivity contribution in [2.45, 2.75) is 24.9 Å². The zero-order valence-corrected chi connectivity index (χ0v) is 14.2. The zero-order chi connectivity index (χ0) is 18.2. The minimum Gasteiger partial charge on any atom is -0.355 e. The Kier molecular flexibility index (Phi) is 4.68. The number of hydrogen-bond acceptors (Lipinski definition) is 3. The van der Waals surface area contributed by atoms with E-state index < -0.39 is 17.7 Å². The fraction of sp³-hybridized carbons (Fsp3) is 0.438. The quantitative estimate of drug-likeness (QED) is 0.796. The molecule has 2 unspecified atom stereocenters. The lowest BCUT2D eigenvalue weighted by molar-refractivity contribution is -0.138. The molecule has 9 heteroatoms. The summed E-state index contributed by atoms with van der Waals surface area (Å²) in [6.07, 6.45) is -3.48. The van der Waals surface area contributed by atoms with Gasteiger partial charge in [0.2, 0.25) is 5.91 Å². The lowest BCUT2D eigenvalue weighted by Crippen LogP contribution is -2.28. The molecule has 1 saturated carbocycles. The highest BCUT2D eigenvalue weighted by atomic mass is 32.1. The van der Waals surface area contributed by atoms with Gasteiger partial charge < -0.3 is 9.88 Å². The normalized spacial score (nSPS) is 19.7. The fourth-order valence-corrected chi connectivity index (χ4v) is 3.09. The summed E-state index contributed by atoms with van der Waals surface area (Å²) in [5.74, 6) is -0.302. The summed E-state index contributed by atoms with van der Waals surface area (Å²) in [7, 11) is 1.77. The first-order valence-electron chi connectivity index (χ1n) is 7.83. The smallest absolute Gasteiger partial charge is 0.355 e. The molecule has 0 aliphatic heterocycles. The number of nitrogens with zero attached hydrogens (tertiary/aromatic N) is 2. The topological polar surface area (TPSA) is 62.7 Å². The average molecular weight is 370 g/mol. The number of alkyl halides is 3. The predicted octanol–water partition coefficient (Wildman–Crippen LogP) is 2.96. The van der Waals surface area contributed by atoms with Gasteiger partial charge in [-0.15, -0.1) is 0 Å². The summed E-state index contributed by atoms with van der Waals surface area (Å²) >= 11 is 5.01. The highest BCUT2D eigenvalue weighted by molar-refractivity contribution is 7.71. The molecule has 2 N–H and O–H groups in total. The number of benzene rings is 1. The number of aromatic amines is 1. The predicted molar refractivity (Wildman–Crippen MR) is 87.4 cm³/mol. The molecule has 1 fully saturated rings. The molecule has 1 aliphatic carbocycles. The first kappa shape index (κ1) is 17.7. The van der Waals surface area contributed by atoms with Crippen LogP contribution in [0.5, 0.6) is 0 Å². The molecule has 134 valence electrons. The molecule has 0 saturated heterocycles. The molecule has 2 aromatic rings. The van der Waals surface area contributed by atoms with Crippen LogP contribution in [0.25, 0.3) is 0 Å². The van der Waals surface area contributed by atoms with Crippen molar-refractivity contribution in [2.24, 2.45) is 13.0 Å². The highest BCUT2D eigenvalue weighted by Gasteiger charge is 2.47. The van der Waals surface area contributed by atoms with Crippen molar-refractivity contribution in [3.05, 3.63) is 46.0 Å². The Labute approximate surface area is 147 Å². The van der Waals surface area contributed by atoms with E-state index in [0.29, 0.717) is 30.0 Å². The Bertz CT molecular complexity index is 842. The summed E-state index contributed by atoms with van der Waals surface area (Å²) in [6, 6.07) is 5.45. The third-order valence-corrected chi connectivity index (χ3v) is 4.78. The van der Waals surface area contributed by atoms with Gasteiger partial charge >= 0.3 is 6.18 Å². The van der Waals surface area contributed by atoms with Crippen molar-refractivity contribution >= 4 is 18.1 Å². The maximum atomic E-state index is 13.1. The third kappa shape index (κ3) is 3.76. The Balaban J connectivity index is 1.58. The number of carbonyl (C=O) groups excluding carboxylic acids is 1. The number of amides is 1. The second kappa shape index (κ2) is 6.62. The molecule has 1 aliphatic rings. The van der Waals surface area contributed by atoms with Crippen LogP contribution in [0.2, 0.25) is 0 Å². The van der Waals surface area contributed by atoms with Crippen LogP contribution in [0.1, 0.15) is 29.3 Å². The summed E-state index contributed by atoms with van der Waals surface area (Å²) in [4.78, 5) is 12.2. The van der Waals surface area contributed by atoms with Gasteiger partial charge in [-0.05, 0) is 36.2 Å². The third-order valence-electron chi connectivity index (χ3n) is 4.41. The number of rotatable bonds is 5. The van der Waals surface area contributed by atoms with E-state index in [4.69, 9.17) is 12.2 Å². The number of aromatic nitrogens is 3. The summed E-state index contributed by atoms with van der Waals surface area (Å²) in [5, 5.41) is 9.46. The van der Waals surface area contributed by atoms with E-state index in [2.05, 4.69) is 15.5 Å². The van der Waals surface area contributed by atoms with Gasteiger partial charge in [0.05, 0.1) is 5.56 Å². The van der Waals surface area contributed by atoms with Crippen LogP contribution in [0, 0.1) is 10.7 Å². The van der Waals surface area contributed by atoms with Crippen LogP contribution in [0.15, 0.2) is 24.3 Å². The van der Waals surface area contributed by atoms with Crippen molar-refractivity contribution in [1.29, 1.82) is 0 Å². The molecule has 1 amide bonds. The van der Waals surface area contributed by atoms with Gasteiger partial charge in [-0.2, -0.15) is 18.3 Å². The first-order chi connectivity index (χ1) is 11.8. The van der Waals surface area contributed by atoms with Crippen LogP contribution < -0.4 is 5.32 Å². The Hall–Kier alpha value is -2.16. The largest absolute Gasteiger partial charge is 0.416 e. The second-order valence-corrected chi connectivity index (χ2v) is 6.47. The summed E-state index contributed by atoms with van der Waals surface area (Å²) in [5.41, 5.74) is -0.457. The monoisotopic (exact) mass is 370 g/mol. The molecule has 2 atom stereocenters. The van der Waals surface area contributed by atoms with Crippen molar-refractivity contribution in [3.8, 4) is 0 Å². The lowest BCUT2D eigenvalue weighted by atomic mass is 10.0. The molecule has 1 heterocycles. The highest BCUT2D eigenvalue weighted by Crippen LogP contribution is 2.50. The standard InChI is InChI=1S/C16H17F3N4OS/c1-23-13(21-22-15(23)25)6-7-20-14(24)11-8-10(11)9-4-2-3-5-12(9)16(17,18)19/h2-5,10-11H,6-8H2,1H3,(H,20,24)(H,22,25). The molecule has 0 bridgehead atoms. The van der Waals surface area contributed by atoms with Crippen molar-refractivity contribution in [2.75, 3.05) is 6.54 Å². The van der Waals surface area contributed by atoms with E-state index in [-0.39, 0.29) is 17.4 Å². The number of H-pyrrole nitrogens is 1. The van der Waals surface area contributed by atoms with Crippen LogP contribution in [-0.4, -0.2) is 27.2 Å². The molecule has 1 aromatic heterocycles. The molecule has 25 heavy (non-hydrogen) atoms. The maximum Gasteiger partial charge on any atom is 0.416 e. The molecular formula is C16H17F3N4OS. The summed E-state index contributed by atoms with van der Waals surface area (Å²) < 4.78 is 41.4. The van der Waals surface area contributed by atoms with E-state index in [9.17, 15) is 18.0 Å². The number of halogens is 3. The van der Waals surface area contributed by atoms with Crippen LogP contribution in [-0.2, 0) is 24.4 Å². The summed E-state index contributed by atoms with van der Waals surface area (Å²) in [6.45, 7) is 0.358. The Morgan fingerprint density at radius 1 is 1.44 bits per heavy atom. The Morgan fingerprint density at radius 2 is 2.16 bits per heavy atom. The van der Waals surface area contributed by atoms with E-state index in [1.165, 1.54) is 12.1 Å². The SMILES string of the molecule is Cn1c(CCNC(=O)C2CC2c2ccccc2C(F)(F)F)n[nH]c1=S. The van der Waals surface area contributed by atoms with E-state index >= 15 is 0 Å². The maximum absolute atomic E-state index is 13.1. The second-order valence-electron chi connectivity index (χ2n) is 6.08. The van der Waals surface area contributed by atoms with Gasteiger partial charge in [0.25, 0.3) is 0 Å². The van der Waals surface area contributed by atoms with Gasteiger partial charge in [-0.1, -0.05) is 18.2 Å². The zero-order valence-electron chi connectivity index (χ0n) is 13.4. The van der Waals surface area contributed by atoms with Gasteiger partial charge in [0, 0.05) is 25.9 Å². The first-order valence-corrected chi connectivity index (χ1v) is 8.24. The minimum absolute atomic E-state index is 0.199. The van der Waals surface area contributed by atoms with Crippen molar-refractivity contribution < 1.29 is 18.0 Å². The van der Waals surface area contributed by atoms with Crippen LogP contribution in [0.4, 0.5) is 13.2 Å². The number of carbonyl (C=O) groups is 1. The molecule has 0 radical (unpaired) electrons. The van der Waals surface area contributed by atoms with Crippen molar-refractivity contribution in [1.82, 2.24) is 20.1 Å². The molecule has 5 nitrogen and oxygen atoms in total. The molecule has 0 spiro atoms. The minimum atomic E-state index is -4.41. The van der Waals surface area contributed by atoms with E-state index in [0.717, 1.165) is 6.07 Å². The van der Waals surface area contributed by atoms with Gasteiger partial charge in [0.1, 0.15) is 5.82 Å². The van der Waals surface area contributed by atoms with Gasteiger partial charge in [0.15, 0.2) is 4.77 Å². The van der Waals surface area contributed by atoms with E-state index in [1.807, 2.05) is 0 Å². The van der Waals surface area contributed by atoms with Crippen LogP contribution in [0.3, 0.4) is 0 Å². The van der Waals surface area contributed by atoms with Crippen LogP contribution >= 0.6 is 12.2 Å². The molecule has 1 aromatic carbocycles. The Morgan fingerprint density at radius 3 is 2.80 bits per heavy atom. The lowest BCUT2D eigenvalue weighted by Gasteiger charge is -2.12. The molecule has 3 rings (SSSR count). The number of nitrogens with one attached hydrogen (secondary N) is 2. The molecular weight excluding hydrogens is 353 g/mol. The van der Waals surface area contributed by atoms with Gasteiger partial charge in [-0.3, -0.25) is 9.89 Å². The average Bonchev–Trinajstić information content (AvgIpc) is 3.30. The van der Waals surface area contributed by atoms with E-state index in [1.54, 1.807) is 17.7 Å². The fourth-order valence-electron chi connectivity index (χ4n) is 2.94. The van der Waals surface area contributed by atoms with Crippen molar-refractivity contribution in [3.63, 3.8) is 0 Å². The number of hydrogen-bond donors (Lipinski definition) is 2. The van der Waals surface area contributed by atoms with Gasteiger partial charge in [-0.25, -0.2) is 0 Å².